The predicted molar refractivity (Wildman–Crippen MR) is 42.6 cm³/mol. The molecule has 5 heteroatoms. The van der Waals surface area contributed by atoms with Crippen LogP contribution in [0.2, 0.25) is 0 Å². The van der Waals surface area contributed by atoms with Crippen molar-refractivity contribution in [2.45, 2.75) is 19.1 Å². The van der Waals surface area contributed by atoms with Crippen LogP contribution in [0.5, 0.6) is 0 Å². The Labute approximate surface area is 71.3 Å². The summed E-state index contributed by atoms with van der Waals surface area (Å²) in [6.07, 6.45) is -1.93. The van der Waals surface area contributed by atoms with E-state index in [1.807, 2.05) is 0 Å². The van der Waals surface area contributed by atoms with E-state index in [4.69, 9.17) is 10.2 Å². The molecule has 0 spiro atoms. The number of methoxy groups -OCH3 is 1. The second-order valence-corrected chi connectivity index (χ2v) is 2.53. The Morgan fingerprint density at radius 2 is 2.08 bits per heavy atom. The third-order valence-corrected chi connectivity index (χ3v) is 1.34. The molecule has 72 valence electrons. The second kappa shape index (κ2) is 5.93. The van der Waals surface area contributed by atoms with Gasteiger partial charge in [0.15, 0.2) is 0 Å². The number of hydrogen-bond donors (Lipinski definition) is 3. The third-order valence-electron chi connectivity index (χ3n) is 1.34. The van der Waals surface area contributed by atoms with Gasteiger partial charge < -0.3 is 20.3 Å². The van der Waals surface area contributed by atoms with Crippen molar-refractivity contribution in [3.05, 3.63) is 0 Å². The lowest BCUT2D eigenvalue weighted by molar-refractivity contribution is -0.120. The lowest BCUT2D eigenvalue weighted by Crippen LogP contribution is -2.40. The van der Waals surface area contributed by atoms with Gasteiger partial charge in [-0.3, -0.25) is 4.79 Å². The molecule has 0 fully saturated rings. The first-order chi connectivity index (χ1) is 5.57. The summed E-state index contributed by atoms with van der Waals surface area (Å²) >= 11 is 0. The Kier molecular flexibility index (Phi) is 5.61. The average molecular weight is 177 g/mol. The first-order valence-corrected chi connectivity index (χ1v) is 3.67. The average Bonchev–Trinajstić information content (AvgIpc) is 2.00. The van der Waals surface area contributed by atoms with Crippen LogP contribution in [0, 0.1) is 0 Å². The molecule has 0 aliphatic rings. The van der Waals surface area contributed by atoms with E-state index in [0.717, 1.165) is 0 Å². The van der Waals surface area contributed by atoms with Gasteiger partial charge >= 0.3 is 0 Å². The third kappa shape index (κ3) is 5.06. The zero-order valence-corrected chi connectivity index (χ0v) is 7.28. The van der Waals surface area contributed by atoms with Gasteiger partial charge in [-0.2, -0.15) is 0 Å². The van der Waals surface area contributed by atoms with Gasteiger partial charge in [-0.05, 0) is 0 Å². The van der Waals surface area contributed by atoms with Crippen molar-refractivity contribution in [3.8, 4) is 0 Å². The summed E-state index contributed by atoms with van der Waals surface area (Å²) in [5.74, 6) is -0.237. The Hall–Kier alpha value is -0.650. The minimum absolute atomic E-state index is 0.0415. The van der Waals surface area contributed by atoms with Gasteiger partial charge in [0, 0.05) is 20.6 Å². The van der Waals surface area contributed by atoms with Gasteiger partial charge in [-0.25, -0.2) is 0 Å². The molecule has 0 aliphatic carbocycles. The molecule has 0 bridgehead atoms. The summed E-state index contributed by atoms with van der Waals surface area (Å²) in [7, 11) is 1.42. The largest absolute Gasteiger partial charge is 0.388 e. The van der Waals surface area contributed by atoms with Gasteiger partial charge in [0.2, 0.25) is 5.91 Å². The fraction of sp³-hybridized carbons (Fsp3) is 0.857. The topological polar surface area (TPSA) is 78.8 Å². The maximum absolute atomic E-state index is 10.4. The molecule has 0 heterocycles. The van der Waals surface area contributed by atoms with Crippen molar-refractivity contribution in [3.63, 3.8) is 0 Å². The Balaban J connectivity index is 3.55. The van der Waals surface area contributed by atoms with E-state index in [1.54, 1.807) is 0 Å². The minimum atomic E-state index is -0.978. The van der Waals surface area contributed by atoms with Crippen molar-refractivity contribution < 1.29 is 19.7 Å². The standard InChI is InChI=1S/C7H15NO4/c1-5(9)8-3-6(10)7(11)4-12-2/h6-7,10-11H,3-4H2,1-2H3,(H,8,9)/t6-,7+/m1/s1. The second-order valence-electron chi connectivity index (χ2n) is 2.53. The molecule has 0 aliphatic heterocycles. The number of nitrogens with one attached hydrogen (secondary N) is 1. The molecule has 3 N–H and O–H groups in total. The highest BCUT2D eigenvalue weighted by atomic mass is 16.5. The summed E-state index contributed by atoms with van der Waals surface area (Å²) < 4.78 is 4.61. The van der Waals surface area contributed by atoms with E-state index in [2.05, 4.69) is 10.1 Å². The van der Waals surface area contributed by atoms with Crippen LogP contribution in [0.1, 0.15) is 6.92 Å². The molecule has 0 saturated carbocycles. The normalized spacial score (nSPS) is 15.3. The fourth-order valence-corrected chi connectivity index (χ4v) is 0.666. The number of rotatable bonds is 5. The van der Waals surface area contributed by atoms with Crippen LogP contribution in [0.15, 0.2) is 0 Å². The Bertz CT molecular complexity index is 139. The van der Waals surface area contributed by atoms with Gasteiger partial charge in [0.25, 0.3) is 0 Å². The van der Waals surface area contributed by atoms with Crippen molar-refractivity contribution in [1.29, 1.82) is 0 Å². The molecule has 1 amide bonds. The smallest absolute Gasteiger partial charge is 0.216 e. The van der Waals surface area contributed by atoms with Crippen molar-refractivity contribution in [2.24, 2.45) is 0 Å². The monoisotopic (exact) mass is 177 g/mol. The van der Waals surface area contributed by atoms with Crippen LogP contribution in [-0.4, -0.2) is 48.6 Å². The summed E-state index contributed by atoms with van der Waals surface area (Å²) in [6, 6.07) is 0. The van der Waals surface area contributed by atoms with Crippen LogP contribution >= 0.6 is 0 Å². The highest BCUT2D eigenvalue weighted by molar-refractivity contribution is 5.72. The molecule has 0 radical (unpaired) electrons. The highest BCUT2D eigenvalue weighted by Gasteiger charge is 2.15. The summed E-state index contributed by atoms with van der Waals surface area (Å²) in [5, 5.41) is 20.6. The molecule has 0 aromatic carbocycles. The van der Waals surface area contributed by atoms with Crippen LogP contribution in [-0.2, 0) is 9.53 Å². The minimum Gasteiger partial charge on any atom is -0.388 e. The van der Waals surface area contributed by atoms with Crippen LogP contribution in [0.3, 0.4) is 0 Å². The van der Waals surface area contributed by atoms with E-state index in [9.17, 15) is 4.79 Å². The van der Waals surface area contributed by atoms with Crippen molar-refractivity contribution >= 4 is 5.91 Å². The van der Waals surface area contributed by atoms with Crippen LogP contribution in [0.25, 0.3) is 0 Å². The van der Waals surface area contributed by atoms with Gasteiger partial charge in [-0.15, -0.1) is 0 Å². The number of aliphatic hydroxyl groups is 2. The molecule has 0 saturated heterocycles. The zero-order valence-electron chi connectivity index (χ0n) is 7.28. The number of ether oxygens (including phenoxy) is 1. The van der Waals surface area contributed by atoms with E-state index in [0.29, 0.717) is 0 Å². The summed E-state index contributed by atoms with van der Waals surface area (Å²) in [6.45, 7) is 1.44. The summed E-state index contributed by atoms with van der Waals surface area (Å²) in [5.41, 5.74) is 0. The number of amides is 1. The number of carbonyl (C=O) groups excluding carboxylic acids is 1. The van der Waals surface area contributed by atoms with E-state index in [-0.39, 0.29) is 19.1 Å². The Morgan fingerprint density at radius 3 is 2.50 bits per heavy atom. The van der Waals surface area contributed by atoms with Crippen LogP contribution in [0.4, 0.5) is 0 Å². The number of carbonyl (C=O) groups is 1. The maximum Gasteiger partial charge on any atom is 0.216 e. The first kappa shape index (κ1) is 11.4. The van der Waals surface area contributed by atoms with E-state index in [1.165, 1.54) is 14.0 Å². The molecule has 2 atom stereocenters. The predicted octanol–water partition coefficient (Wildman–Crippen LogP) is -1.51. The molecule has 0 unspecified atom stereocenters. The summed E-state index contributed by atoms with van der Waals surface area (Å²) in [4.78, 5) is 10.4. The molecule has 0 aromatic rings. The molecule has 0 rings (SSSR count). The molecular formula is C7H15NO4. The van der Waals surface area contributed by atoms with Crippen LogP contribution < -0.4 is 5.32 Å². The number of hydrogen-bond acceptors (Lipinski definition) is 4. The van der Waals surface area contributed by atoms with Gasteiger partial charge in [-0.1, -0.05) is 0 Å². The first-order valence-electron chi connectivity index (χ1n) is 3.67. The SMILES string of the molecule is COC[C@H](O)[C@H](O)CNC(C)=O. The van der Waals surface area contributed by atoms with E-state index < -0.39 is 12.2 Å². The van der Waals surface area contributed by atoms with Gasteiger partial charge in [0.05, 0.1) is 12.7 Å². The lowest BCUT2D eigenvalue weighted by atomic mass is 10.2. The van der Waals surface area contributed by atoms with Crippen molar-refractivity contribution in [2.75, 3.05) is 20.3 Å². The quantitative estimate of drug-likeness (QED) is 0.477. The zero-order chi connectivity index (χ0) is 9.56. The highest BCUT2D eigenvalue weighted by Crippen LogP contribution is 1.92. The Morgan fingerprint density at radius 1 is 1.50 bits per heavy atom. The molecule has 5 nitrogen and oxygen atoms in total. The lowest BCUT2D eigenvalue weighted by Gasteiger charge is -2.16. The van der Waals surface area contributed by atoms with Gasteiger partial charge in [0.1, 0.15) is 6.10 Å². The molecule has 12 heavy (non-hydrogen) atoms. The van der Waals surface area contributed by atoms with E-state index >= 15 is 0 Å². The molecular weight excluding hydrogens is 162 g/mol. The number of aliphatic hydroxyl groups excluding tert-OH is 2. The fourth-order valence-electron chi connectivity index (χ4n) is 0.666. The van der Waals surface area contributed by atoms with Crippen molar-refractivity contribution in [1.82, 2.24) is 5.32 Å². The maximum atomic E-state index is 10.4. The molecule has 0 aromatic heterocycles.